The number of thiazole rings is 1. The van der Waals surface area contributed by atoms with Crippen molar-refractivity contribution in [3.8, 4) is 11.3 Å². The summed E-state index contributed by atoms with van der Waals surface area (Å²) in [4.78, 5) is 28.4. The van der Waals surface area contributed by atoms with E-state index in [2.05, 4.69) is 10.3 Å². The quantitative estimate of drug-likeness (QED) is 0.452. The van der Waals surface area contributed by atoms with E-state index in [1.807, 2.05) is 5.38 Å². The highest BCUT2D eigenvalue weighted by molar-refractivity contribution is 8.02. The van der Waals surface area contributed by atoms with E-state index in [0.29, 0.717) is 11.3 Å². The molecule has 7 heteroatoms. The molecule has 1 aromatic heterocycles. The Morgan fingerprint density at radius 1 is 1.19 bits per heavy atom. The van der Waals surface area contributed by atoms with Crippen molar-refractivity contribution in [3.63, 3.8) is 0 Å². The van der Waals surface area contributed by atoms with E-state index in [4.69, 9.17) is 0 Å². The molecule has 4 nitrogen and oxygen atoms in total. The number of hydrogen-bond acceptors (Lipinski definition) is 5. The molecular weight excluding hydrogens is 383 g/mol. The summed E-state index contributed by atoms with van der Waals surface area (Å²) in [6, 6.07) is 13.0. The Hall–Kier alpha value is -2.51. The molecule has 1 heterocycles. The minimum atomic E-state index is -0.363. The number of thioether (sulfide) groups is 1. The Morgan fingerprint density at radius 2 is 1.93 bits per heavy atom. The van der Waals surface area contributed by atoms with Gasteiger partial charge in [-0.05, 0) is 50.2 Å². The van der Waals surface area contributed by atoms with Crippen molar-refractivity contribution in [1.82, 2.24) is 4.98 Å². The van der Waals surface area contributed by atoms with Crippen LogP contribution in [0.15, 0.2) is 58.3 Å². The van der Waals surface area contributed by atoms with Crippen molar-refractivity contribution in [1.29, 1.82) is 0 Å². The topological polar surface area (TPSA) is 59.1 Å². The van der Waals surface area contributed by atoms with Gasteiger partial charge in [0.05, 0.1) is 10.9 Å². The number of nitrogens with one attached hydrogen (secondary N) is 1. The lowest BCUT2D eigenvalue weighted by molar-refractivity contribution is -0.115. The fourth-order valence-corrected chi connectivity index (χ4v) is 4.30. The van der Waals surface area contributed by atoms with E-state index in [-0.39, 0.29) is 22.8 Å². The van der Waals surface area contributed by atoms with Crippen molar-refractivity contribution in [3.05, 3.63) is 65.3 Å². The predicted octanol–water partition coefficient (Wildman–Crippen LogP) is 5.27. The first-order chi connectivity index (χ1) is 12.9. The Kier molecular flexibility index (Phi) is 6.03. The number of ketones is 1. The van der Waals surface area contributed by atoms with Crippen LogP contribution in [0.5, 0.6) is 0 Å². The molecule has 0 spiro atoms. The van der Waals surface area contributed by atoms with E-state index < -0.39 is 0 Å². The summed E-state index contributed by atoms with van der Waals surface area (Å²) in [6.45, 7) is 3.29. The average molecular weight is 401 g/mol. The van der Waals surface area contributed by atoms with E-state index in [1.165, 1.54) is 42.2 Å². The lowest BCUT2D eigenvalue weighted by atomic mass is 10.1. The molecule has 1 atom stereocenters. The molecule has 3 rings (SSSR count). The normalized spacial score (nSPS) is 11.8. The van der Waals surface area contributed by atoms with Gasteiger partial charge in [0.2, 0.25) is 5.91 Å². The first-order valence-electron chi connectivity index (χ1n) is 8.22. The molecule has 138 valence electrons. The number of nitrogens with zero attached hydrogens (tertiary/aromatic N) is 1. The Labute approximate surface area is 164 Å². The van der Waals surface area contributed by atoms with Crippen molar-refractivity contribution in [2.45, 2.75) is 23.4 Å². The fraction of sp³-hybridized carbons (Fsp3) is 0.150. The third kappa shape index (κ3) is 5.02. The van der Waals surface area contributed by atoms with E-state index >= 15 is 0 Å². The third-order valence-corrected chi connectivity index (χ3v) is 5.88. The van der Waals surface area contributed by atoms with Crippen LogP contribution in [0.2, 0.25) is 0 Å². The molecule has 0 fully saturated rings. The monoisotopic (exact) mass is 400 g/mol. The minimum absolute atomic E-state index is 0.0513. The summed E-state index contributed by atoms with van der Waals surface area (Å²) in [6.07, 6.45) is 0. The molecule has 0 aliphatic carbocycles. The second-order valence-corrected chi connectivity index (χ2v) is 8.34. The summed E-state index contributed by atoms with van der Waals surface area (Å²) in [5.41, 5.74) is 2.73. The van der Waals surface area contributed by atoms with Crippen LogP contribution in [0.4, 0.5) is 10.1 Å². The second-order valence-electron chi connectivity index (χ2n) is 5.89. The summed E-state index contributed by atoms with van der Waals surface area (Å²) in [7, 11) is 0. The molecule has 1 unspecified atom stereocenters. The number of benzene rings is 2. The zero-order valence-electron chi connectivity index (χ0n) is 14.7. The Bertz CT molecular complexity index is 970. The number of carbonyl (C=O) groups is 2. The number of Topliss-reactive ketones (excluding diaryl/α,β-unsaturated/α-hetero) is 1. The number of halogens is 1. The molecule has 0 aliphatic heterocycles. The second kappa shape index (κ2) is 8.45. The fourth-order valence-electron chi connectivity index (χ4n) is 2.33. The van der Waals surface area contributed by atoms with Gasteiger partial charge in [-0.3, -0.25) is 9.59 Å². The van der Waals surface area contributed by atoms with Crippen LogP contribution in [0.1, 0.15) is 24.2 Å². The van der Waals surface area contributed by atoms with Crippen molar-refractivity contribution in [2.24, 2.45) is 0 Å². The predicted molar refractivity (Wildman–Crippen MR) is 108 cm³/mol. The molecule has 1 amide bonds. The van der Waals surface area contributed by atoms with Crippen LogP contribution in [0.25, 0.3) is 11.3 Å². The maximum atomic E-state index is 13.0. The van der Waals surface area contributed by atoms with E-state index in [0.717, 1.165) is 15.6 Å². The highest BCUT2D eigenvalue weighted by Gasteiger charge is 2.17. The summed E-state index contributed by atoms with van der Waals surface area (Å²) >= 11 is 2.79. The van der Waals surface area contributed by atoms with Crippen LogP contribution in [0, 0.1) is 5.82 Å². The molecular formula is C20H17FN2O2S2. The molecule has 27 heavy (non-hydrogen) atoms. The molecule has 0 saturated carbocycles. The van der Waals surface area contributed by atoms with Gasteiger partial charge in [-0.15, -0.1) is 11.3 Å². The zero-order valence-corrected chi connectivity index (χ0v) is 16.4. The highest BCUT2D eigenvalue weighted by atomic mass is 32.2. The van der Waals surface area contributed by atoms with Crippen LogP contribution < -0.4 is 5.32 Å². The van der Waals surface area contributed by atoms with E-state index in [1.54, 1.807) is 43.3 Å². The Morgan fingerprint density at radius 3 is 2.63 bits per heavy atom. The molecule has 1 N–H and O–H groups in total. The zero-order chi connectivity index (χ0) is 19.4. The third-order valence-electron chi connectivity index (χ3n) is 3.81. The summed E-state index contributed by atoms with van der Waals surface area (Å²) < 4.78 is 13.8. The number of anilines is 1. The van der Waals surface area contributed by atoms with Crippen LogP contribution in [-0.4, -0.2) is 21.9 Å². The van der Waals surface area contributed by atoms with Gasteiger partial charge in [-0.1, -0.05) is 23.9 Å². The van der Waals surface area contributed by atoms with Crippen molar-refractivity contribution >= 4 is 40.5 Å². The number of aromatic nitrogens is 1. The van der Waals surface area contributed by atoms with Gasteiger partial charge in [0.25, 0.3) is 0 Å². The van der Waals surface area contributed by atoms with Gasteiger partial charge in [-0.2, -0.15) is 0 Å². The standard InChI is InChI=1S/C20H17FN2O2S2/c1-12(24)15-4-3-5-17(10-15)22-19(25)13(2)27-20-23-18(11-26-20)14-6-8-16(21)9-7-14/h3-11,13H,1-2H3,(H,22,25). The number of hydrogen-bond donors (Lipinski definition) is 1. The van der Waals surface area contributed by atoms with Crippen LogP contribution in [-0.2, 0) is 4.79 Å². The maximum absolute atomic E-state index is 13.0. The first kappa shape index (κ1) is 19.3. The van der Waals surface area contributed by atoms with Gasteiger partial charge in [0, 0.05) is 22.2 Å². The molecule has 0 radical (unpaired) electrons. The largest absolute Gasteiger partial charge is 0.325 e. The first-order valence-corrected chi connectivity index (χ1v) is 9.98. The number of amides is 1. The van der Waals surface area contributed by atoms with Crippen molar-refractivity contribution in [2.75, 3.05) is 5.32 Å². The number of rotatable bonds is 6. The van der Waals surface area contributed by atoms with Gasteiger partial charge >= 0.3 is 0 Å². The van der Waals surface area contributed by atoms with Gasteiger partial charge in [-0.25, -0.2) is 9.37 Å². The molecule has 0 bridgehead atoms. The molecule has 2 aromatic carbocycles. The van der Waals surface area contributed by atoms with E-state index in [9.17, 15) is 14.0 Å². The number of carbonyl (C=O) groups excluding carboxylic acids is 2. The minimum Gasteiger partial charge on any atom is -0.325 e. The molecule has 3 aromatic rings. The molecule has 0 saturated heterocycles. The van der Waals surface area contributed by atoms with Gasteiger partial charge in [0.1, 0.15) is 5.82 Å². The SMILES string of the molecule is CC(=O)c1cccc(NC(=O)C(C)Sc2nc(-c3ccc(F)cc3)cs2)c1. The lowest BCUT2D eigenvalue weighted by Gasteiger charge is -2.11. The van der Waals surface area contributed by atoms with Crippen LogP contribution >= 0.6 is 23.1 Å². The van der Waals surface area contributed by atoms with Crippen molar-refractivity contribution < 1.29 is 14.0 Å². The summed E-state index contributed by atoms with van der Waals surface area (Å²) in [5, 5.41) is 4.35. The molecule has 0 aliphatic rings. The Balaban J connectivity index is 1.64. The highest BCUT2D eigenvalue weighted by Crippen LogP contribution is 2.31. The van der Waals surface area contributed by atoms with Gasteiger partial charge in [0.15, 0.2) is 10.1 Å². The smallest absolute Gasteiger partial charge is 0.237 e. The van der Waals surface area contributed by atoms with Gasteiger partial charge < -0.3 is 5.32 Å². The lowest BCUT2D eigenvalue weighted by Crippen LogP contribution is -2.22. The average Bonchev–Trinajstić information content (AvgIpc) is 3.11. The van der Waals surface area contributed by atoms with Crippen LogP contribution in [0.3, 0.4) is 0 Å². The maximum Gasteiger partial charge on any atom is 0.237 e. The summed E-state index contributed by atoms with van der Waals surface area (Å²) in [5.74, 6) is -0.508.